The standard InChI is InChI=1S/C12H15IO2/c1-9-10(6-4-7-11(9)13)5-2-3-8-12(14)15/h4,6-7H,2-3,5,8H2,1H3,(H,14,15). The van der Waals surface area contributed by atoms with E-state index in [0.717, 1.165) is 19.3 Å². The first-order valence-electron chi connectivity index (χ1n) is 5.07. The van der Waals surface area contributed by atoms with Gasteiger partial charge in [0, 0.05) is 9.99 Å². The smallest absolute Gasteiger partial charge is 0.303 e. The number of hydrogen-bond acceptors (Lipinski definition) is 1. The second kappa shape index (κ2) is 6.10. The predicted octanol–water partition coefficient (Wildman–Crippen LogP) is 3.40. The molecule has 0 aliphatic heterocycles. The SMILES string of the molecule is Cc1c(I)cccc1CCCCC(=O)O. The molecule has 0 saturated carbocycles. The molecular weight excluding hydrogens is 303 g/mol. The van der Waals surface area contributed by atoms with E-state index in [2.05, 4.69) is 47.7 Å². The van der Waals surface area contributed by atoms with Crippen LogP contribution in [0.15, 0.2) is 18.2 Å². The Hall–Kier alpha value is -0.580. The van der Waals surface area contributed by atoms with Gasteiger partial charge in [0.15, 0.2) is 0 Å². The number of rotatable bonds is 5. The Kier molecular flexibility index (Phi) is 5.08. The molecule has 82 valence electrons. The molecule has 0 amide bonds. The Morgan fingerprint density at radius 1 is 1.40 bits per heavy atom. The molecule has 1 rings (SSSR count). The van der Waals surface area contributed by atoms with Crippen LogP contribution in [0, 0.1) is 10.5 Å². The number of unbranched alkanes of at least 4 members (excludes halogenated alkanes) is 1. The molecule has 1 aromatic carbocycles. The van der Waals surface area contributed by atoms with Crippen molar-refractivity contribution >= 4 is 28.6 Å². The molecule has 0 unspecified atom stereocenters. The molecule has 0 fully saturated rings. The Balaban J connectivity index is 2.44. The Labute approximate surface area is 104 Å². The number of aliphatic carboxylic acids is 1. The number of carboxylic acids is 1. The molecule has 0 spiro atoms. The zero-order valence-corrected chi connectivity index (χ0v) is 11.0. The van der Waals surface area contributed by atoms with Crippen molar-refractivity contribution in [1.29, 1.82) is 0 Å². The predicted molar refractivity (Wildman–Crippen MR) is 69.1 cm³/mol. The van der Waals surface area contributed by atoms with Crippen molar-refractivity contribution in [2.45, 2.75) is 32.6 Å². The first kappa shape index (κ1) is 12.5. The zero-order chi connectivity index (χ0) is 11.3. The molecule has 0 bridgehead atoms. The van der Waals surface area contributed by atoms with Crippen molar-refractivity contribution in [2.24, 2.45) is 0 Å². The largest absolute Gasteiger partial charge is 0.481 e. The van der Waals surface area contributed by atoms with E-state index in [0.29, 0.717) is 0 Å². The maximum Gasteiger partial charge on any atom is 0.303 e. The van der Waals surface area contributed by atoms with Crippen LogP contribution in [-0.2, 0) is 11.2 Å². The number of hydrogen-bond donors (Lipinski definition) is 1. The summed E-state index contributed by atoms with van der Waals surface area (Å²) >= 11 is 2.33. The molecule has 0 heterocycles. The van der Waals surface area contributed by atoms with Gasteiger partial charge in [-0.05, 0) is 66.0 Å². The van der Waals surface area contributed by atoms with Gasteiger partial charge in [0.25, 0.3) is 0 Å². The summed E-state index contributed by atoms with van der Waals surface area (Å²) in [7, 11) is 0. The molecule has 1 aromatic rings. The van der Waals surface area contributed by atoms with E-state index in [4.69, 9.17) is 5.11 Å². The molecule has 0 aliphatic rings. The van der Waals surface area contributed by atoms with Crippen LogP contribution in [-0.4, -0.2) is 11.1 Å². The highest BCUT2D eigenvalue weighted by Gasteiger charge is 2.02. The van der Waals surface area contributed by atoms with E-state index >= 15 is 0 Å². The maximum absolute atomic E-state index is 10.3. The lowest BCUT2D eigenvalue weighted by molar-refractivity contribution is -0.137. The van der Waals surface area contributed by atoms with Gasteiger partial charge in [0.1, 0.15) is 0 Å². The van der Waals surface area contributed by atoms with Crippen molar-refractivity contribution in [3.8, 4) is 0 Å². The van der Waals surface area contributed by atoms with Gasteiger partial charge < -0.3 is 5.11 Å². The van der Waals surface area contributed by atoms with Crippen LogP contribution >= 0.6 is 22.6 Å². The summed E-state index contributed by atoms with van der Waals surface area (Å²) in [6.45, 7) is 2.12. The Morgan fingerprint density at radius 2 is 2.13 bits per heavy atom. The van der Waals surface area contributed by atoms with Crippen LogP contribution in [0.5, 0.6) is 0 Å². The minimum atomic E-state index is -0.700. The number of carboxylic acid groups (broad SMARTS) is 1. The van der Waals surface area contributed by atoms with Crippen LogP contribution in [0.4, 0.5) is 0 Å². The second-order valence-electron chi connectivity index (χ2n) is 3.62. The van der Waals surface area contributed by atoms with Crippen molar-refractivity contribution in [1.82, 2.24) is 0 Å². The number of carbonyl (C=O) groups is 1. The first-order chi connectivity index (χ1) is 7.11. The number of aryl methyl sites for hydroxylation is 1. The normalized spacial score (nSPS) is 10.3. The minimum absolute atomic E-state index is 0.281. The third kappa shape index (κ3) is 4.20. The average Bonchev–Trinajstić information content (AvgIpc) is 2.18. The van der Waals surface area contributed by atoms with Gasteiger partial charge in [-0.2, -0.15) is 0 Å². The summed E-state index contributed by atoms with van der Waals surface area (Å²) in [6.07, 6.45) is 2.98. The maximum atomic E-state index is 10.3. The average molecular weight is 318 g/mol. The lowest BCUT2D eigenvalue weighted by Crippen LogP contribution is -1.96. The topological polar surface area (TPSA) is 37.3 Å². The monoisotopic (exact) mass is 318 g/mol. The van der Waals surface area contributed by atoms with E-state index in [1.165, 1.54) is 14.7 Å². The molecule has 2 nitrogen and oxygen atoms in total. The van der Waals surface area contributed by atoms with Gasteiger partial charge in [-0.25, -0.2) is 0 Å². The van der Waals surface area contributed by atoms with Crippen LogP contribution in [0.25, 0.3) is 0 Å². The fourth-order valence-corrected chi connectivity index (χ4v) is 2.07. The van der Waals surface area contributed by atoms with Gasteiger partial charge in [-0.3, -0.25) is 4.79 Å². The van der Waals surface area contributed by atoms with Crippen molar-refractivity contribution in [3.63, 3.8) is 0 Å². The molecule has 0 saturated heterocycles. The van der Waals surface area contributed by atoms with Crippen LogP contribution in [0.3, 0.4) is 0 Å². The first-order valence-corrected chi connectivity index (χ1v) is 6.15. The van der Waals surface area contributed by atoms with Gasteiger partial charge in [-0.15, -0.1) is 0 Å². The molecule has 0 aliphatic carbocycles. The molecule has 1 N–H and O–H groups in total. The van der Waals surface area contributed by atoms with E-state index in [9.17, 15) is 4.79 Å². The summed E-state index contributed by atoms with van der Waals surface area (Å²) in [5, 5.41) is 8.51. The van der Waals surface area contributed by atoms with Crippen LogP contribution < -0.4 is 0 Å². The minimum Gasteiger partial charge on any atom is -0.481 e. The third-order valence-electron chi connectivity index (χ3n) is 2.47. The second-order valence-corrected chi connectivity index (χ2v) is 4.79. The number of benzene rings is 1. The highest BCUT2D eigenvalue weighted by molar-refractivity contribution is 14.1. The van der Waals surface area contributed by atoms with Gasteiger partial charge >= 0.3 is 5.97 Å². The highest BCUT2D eigenvalue weighted by atomic mass is 127. The highest BCUT2D eigenvalue weighted by Crippen LogP contribution is 2.17. The van der Waals surface area contributed by atoms with E-state index in [1.807, 2.05) is 0 Å². The zero-order valence-electron chi connectivity index (χ0n) is 8.79. The fourth-order valence-electron chi connectivity index (χ4n) is 1.51. The summed E-state index contributed by atoms with van der Waals surface area (Å²) in [6, 6.07) is 6.27. The number of halogens is 1. The van der Waals surface area contributed by atoms with Gasteiger partial charge in [0.05, 0.1) is 0 Å². The van der Waals surface area contributed by atoms with Crippen LogP contribution in [0.1, 0.15) is 30.4 Å². The Bertz CT molecular complexity index is 347. The lowest BCUT2D eigenvalue weighted by atomic mass is 10.0. The van der Waals surface area contributed by atoms with E-state index < -0.39 is 5.97 Å². The third-order valence-corrected chi connectivity index (χ3v) is 3.64. The quantitative estimate of drug-likeness (QED) is 0.667. The van der Waals surface area contributed by atoms with Gasteiger partial charge in [0.2, 0.25) is 0 Å². The van der Waals surface area contributed by atoms with Crippen LogP contribution in [0.2, 0.25) is 0 Å². The molecule has 0 aromatic heterocycles. The summed E-state index contributed by atoms with van der Waals surface area (Å²) < 4.78 is 1.28. The molecule has 3 heteroatoms. The summed E-state index contributed by atoms with van der Waals surface area (Å²) in [5.41, 5.74) is 2.67. The van der Waals surface area contributed by atoms with E-state index in [1.54, 1.807) is 0 Å². The molecular formula is C12H15IO2. The van der Waals surface area contributed by atoms with Gasteiger partial charge in [-0.1, -0.05) is 12.1 Å². The molecule has 0 atom stereocenters. The molecule has 15 heavy (non-hydrogen) atoms. The van der Waals surface area contributed by atoms with Crippen molar-refractivity contribution in [2.75, 3.05) is 0 Å². The Morgan fingerprint density at radius 3 is 2.80 bits per heavy atom. The lowest BCUT2D eigenvalue weighted by Gasteiger charge is -2.06. The summed E-state index contributed by atoms with van der Waals surface area (Å²) in [5.74, 6) is -0.700. The van der Waals surface area contributed by atoms with Crippen molar-refractivity contribution in [3.05, 3.63) is 32.9 Å². The molecule has 0 radical (unpaired) electrons. The summed E-state index contributed by atoms with van der Waals surface area (Å²) in [4.78, 5) is 10.3. The van der Waals surface area contributed by atoms with Crippen molar-refractivity contribution < 1.29 is 9.90 Å². The van der Waals surface area contributed by atoms with E-state index in [-0.39, 0.29) is 6.42 Å². The fraction of sp³-hybridized carbons (Fsp3) is 0.417.